The highest BCUT2D eigenvalue weighted by Gasteiger charge is 2.24. The summed E-state index contributed by atoms with van der Waals surface area (Å²) in [7, 11) is 1.36. The summed E-state index contributed by atoms with van der Waals surface area (Å²) < 4.78 is 6.50. The molecule has 0 spiro atoms. The van der Waals surface area contributed by atoms with Crippen LogP contribution in [0.15, 0.2) is 36.5 Å². The van der Waals surface area contributed by atoms with E-state index in [0.29, 0.717) is 12.2 Å². The van der Waals surface area contributed by atoms with Crippen LogP contribution in [0.25, 0.3) is 0 Å². The van der Waals surface area contributed by atoms with Crippen LogP contribution in [0.1, 0.15) is 36.4 Å². The van der Waals surface area contributed by atoms with Gasteiger partial charge < -0.3 is 10.1 Å². The van der Waals surface area contributed by atoms with Crippen LogP contribution in [0.3, 0.4) is 0 Å². The van der Waals surface area contributed by atoms with Crippen LogP contribution in [0, 0.1) is 0 Å². The number of hydrogen-bond donors (Lipinski definition) is 1. The molecule has 0 saturated heterocycles. The summed E-state index contributed by atoms with van der Waals surface area (Å²) in [6, 6.07) is 10.4. The van der Waals surface area contributed by atoms with Gasteiger partial charge in [-0.3, -0.25) is 9.59 Å². The zero-order valence-electron chi connectivity index (χ0n) is 14.8. The number of thioether (sulfide) groups is 1. The van der Waals surface area contributed by atoms with E-state index in [9.17, 15) is 9.59 Å². The van der Waals surface area contributed by atoms with E-state index < -0.39 is 0 Å². The summed E-state index contributed by atoms with van der Waals surface area (Å²) in [5, 5.41) is 7.41. The maximum Gasteiger partial charge on any atom is 0.315 e. The van der Waals surface area contributed by atoms with Crippen LogP contribution < -0.4 is 5.32 Å². The molecule has 1 amide bonds. The molecule has 6 nitrogen and oxygen atoms in total. The molecule has 1 N–H and O–H groups in total. The molecule has 1 aromatic heterocycles. The SMILES string of the molecule is COC(=O)CSCCC(=O)Nc1ccnn1[C@@H]1CCCc2ccccc21. The van der Waals surface area contributed by atoms with E-state index >= 15 is 0 Å². The summed E-state index contributed by atoms with van der Waals surface area (Å²) >= 11 is 1.39. The Labute approximate surface area is 157 Å². The number of anilines is 1. The molecule has 0 bridgehead atoms. The second-order valence-corrected chi connectivity index (χ2v) is 7.30. The number of amides is 1. The first-order chi connectivity index (χ1) is 12.7. The Balaban J connectivity index is 1.61. The zero-order valence-corrected chi connectivity index (χ0v) is 15.6. The van der Waals surface area contributed by atoms with Gasteiger partial charge in [0, 0.05) is 18.2 Å². The van der Waals surface area contributed by atoms with Crippen LogP contribution in [-0.2, 0) is 20.7 Å². The number of methoxy groups -OCH3 is 1. The Kier molecular flexibility index (Phi) is 6.33. The topological polar surface area (TPSA) is 73.2 Å². The molecular formula is C19H23N3O3S. The Bertz CT molecular complexity index is 775. The van der Waals surface area contributed by atoms with Crippen molar-refractivity contribution in [2.75, 3.05) is 23.9 Å². The van der Waals surface area contributed by atoms with Crippen LogP contribution in [0.4, 0.5) is 5.82 Å². The predicted octanol–water partition coefficient (Wildman–Crippen LogP) is 3.04. The van der Waals surface area contributed by atoms with Gasteiger partial charge in [-0.1, -0.05) is 24.3 Å². The Hall–Kier alpha value is -2.28. The smallest absolute Gasteiger partial charge is 0.315 e. The second-order valence-electron chi connectivity index (χ2n) is 6.19. The first-order valence-electron chi connectivity index (χ1n) is 8.74. The number of carbonyl (C=O) groups is 2. The van der Waals surface area contributed by atoms with Crippen molar-refractivity contribution in [1.82, 2.24) is 9.78 Å². The fraction of sp³-hybridized carbons (Fsp3) is 0.421. The number of aryl methyl sites for hydroxylation is 1. The second kappa shape index (κ2) is 8.89. The molecule has 1 aromatic carbocycles. The van der Waals surface area contributed by atoms with Crippen LogP contribution in [-0.4, -0.2) is 40.3 Å². The fourth-order valence-electron chi connectivity index (χ4n) is 3.23. The average molecular weight is 373 g/mol. The Morgan fingerprint density at radius 1 is 1.35 bits per heavy atom. The lowest BCUT2D eigenvalue weighted by molar-refractivity contribution is -0.137. The number of esters is 1. The van der Waals surface area contributed by atoms with E-state index in [1.165, 1.54) is 30.0 Å². The van der Waals surface area contributed by atoms with Crippen molar-refractivity contribution in [2.45, 2.75) is 31.7 Å². The molecule has 26 heavy (non-hydrogen) atoms. The molecule has 1 heterocycles. The zero-order chi connectivity index (χ0) is 18.4. The van der Waals surface area contributed by atoms with Crippen molar-refractivity contribution >= 4 is 29.5 Å². The van der Waals surface area contributed by atoms with Crippen molar-refractivity contribution in [2.24, 2.45) is 0 Å². The van der Waals surface area contributed by atoms with E-state index in [4.69, 9.17) is 0 Å². The highest BCUT2D eigenvalue weighted by Crippen LogP contribution is 2.34. The van der Waals surface area contributed by atoms with E-state index in [0.717, 1.165) is 25.1 Å². The first-order valence-corrected chi connectivity index (χ1v) is 9.90. The number of ether oxygens (including phenoxy) is 1. The van der Waals surface area contributed by atoms with E-state index in [1.807, 2.05) is 10.7 Å². The van der Waals surface area contributed by atoms with Crippen molar-refractivity contribution < 1.29 is 14.3 Å². The molecule has 1 atom stereocenters. The summed E-state index contributed by atoms with van der Waals surface area (Å²) in [6.07, 6.45) is 5.27. The normalized spacial score (nSPS) is 16.0. The first kappa shape index (κ1) is 18.5. The number of fused-ring (bicyclic) bond motifs is 1. The average Bonchev–Trinajstić information content (AvgIpc) is 3.12. The highest BCUT2D eigenvalue weighted by molar-refractivity contribution is 7.99. The minimum Gasteiger partial charge on any atom is -0.468 e. The largest absolute Gasteiger partial charge is 0.468 e. The molecular weight excluding hydrogens is 350 g/mol. The van der Waals surface area contributed by atoms with Crippen LogP contribution in [0.2, 0.25) is 0 Å². The summed E-state index contributed by atoms with van der Waals surface area (Å²) in [4.78, 5) is 23.3. The maximum atomic E-state index is 12.2. The predicted molar refractivity (Wildman–Crippen MR) is 102 cm³/mol. The van der Waals surface area contributed by atoms with Gasteiger partial charge in [-0.05, 0) is 30.4 Å². The number of hydrogen-bond acceptors (Lipinski definition) is 5. The van der Waals surface area contributed by atoms with Gasteiger partial charge in [0.1, 0.15) is 5.82 Å². The number of benzene rings is 1. The van der Waals surface area contributed by atoms with Gasteiger partial charge in [-0.25, -0.2) is 4.68 Å². The summed E-state index contributed by atoms with van der Waals surface area (Å²) in [5.74, 6) is 1.20. The van der Waals surface area contributed by atoms with Gasteiger partial charge in [0.25, 0.3) is 0 Å². The van der Waals surface area contributed by atoms with E-state index in [1.54, 1.807) is 6.20 Å². The van der Waals surface area contributed by atoms with Gasteiger partial charge in [0.2, 0.25) is 5.91 Å². The third kappa shape index (κ3) is 4.46. The van der Waals surface area contributed by atoms with Gasteiger partial charge >= 0.3 is 5.97 Å². The number of carbonyl (C=O) groups excluding carboxylic acids is 2. The number of nitrogens with zero attached hydrogens (tertiary/aromatic N) is 2. The molecule has 1 aliphatic carbocycles. The third-order valence-corrected chi connectivity index (χ3v) is 5.42. The molecule has 2 aromatic rings. The Morgan fingerprint density at radius 2 is 2.19 bits per heavy atom. The molecule has 3 rings (SSSR count). The fourth-order valence-corrected chi connectivity index (χ4v) is 3.99. The molecule has 7 heteroatoms. The maximum absolute atomic E-state index is 12.2. The van der Waals surface area contributed by atoms with Crippen molar-refractivity contribution in [3.63, 3.8) is 0 Å². The number of rotatable bonds is 7. The minimum atomic E-state index is -0.274. The van der Waals surface area contributed by atoms with Crippen LogP contribution >= 0.6 is 11.8 Å². The molecule has 0 aliphatic heterocycles. The standard InChI is InChI=1S/C19H23N3O3S/c1-25-19(24)13-26-12-10-18(23)21-17-9-11-20-22(17)16-8-4-6-14-5-2-3-7-15(14)16/h2-3,5,7,9,11,16H,4,6,8,10,12-13H2,1H3,(H,21,23)/t16-/m1/s1. The number of nitrogens with one attached hydrogen (secondary N) is 1. The van der Waals surface area contributed by atoms with E-state index in [2.05, 4.69) is 39.4 Å². The lowest BCUT2D eigenvalue weighted by Gasteiger charge is -2.27. The quantitative estimate of drug-likeness (QED) is 0.596. The lowest BCUT2D eigenvalue weighted by atomic mass is 9.88. The van der Waals surface area contributed by atoms with Crippen molar-refractivity contribution in [3.8, 4) is 0 Å². The van der Waals surface area contributed by atoms with Gasteiger partial charge in [0.15, 0.2) is 0 Å². The van der Waals surface area contributed by atoms with Crippen LogP contribution in [0.5, 0.6) is 0 Å². The van der Waals surface area contributed by atoms with Gasteiger partial charge in [-0.2, -0.15) is 5.10 Å². The third-order valence-electron chi connectivity index (χ3n) is 4.49. The number of aromatic nitrogens is 2. The molecule has 0 saturated carbocycles. The van der Waals surface area contributed by atoms with E-state index in [-0.39, 0.29) is 23.7 Å². The van der Waals surface area contributed by atoms with Gasteiger partial charge in [-0.15, -0.1) is 11.8 Å². The van der Waals surface area contributed by atoms with Crippen molar-refractivity contribution in [3.05, 3.63) is 47.7 Å². The van der Waals surface area contributed by atoms with Gasteiger partial charge in [0.05, 0.1) is 25.1 Å². The molecule has 0 fully saturated rings. The Morgan fingerprint density at radius 3 is 3.04 bits per heavy atom. The van der Waals surface area contributed by atoms with Crippen molar-refractivity contribution in [1.29, 1.82) is 0 Å². The molecule has 138 valence electrons. The lowest BCUT2D eigenvalue weighted by Crippen LogP contribution is -2.22. The summed E-state index contributed by atoms with van der Waals surface area (Å²) in [6.45, 7) is 0. The minimum absolute atomic E-state index is 0.0757. The highest BCUT2D eigenvalue weighted by atomic mass is 32.2. The molecule has 1 aliphatic rings. The monoisotopic (exact) mass is 373 g/mol. The summed E-state index contributed by atoms with van der Waals surface area (Å²) in [5.41, 5.74) is 2.64. The molecule has 0 radical (unpaired) electrons. The molecule has 0 unspecified atom stereocenters.